The molecule has 98 valence electrons. The third kappa shape index (κ3) is 3.97. The van der Waals surface area contributed by atoms with Gasteiger partial charge in [-0.25, -0.2) is 0 Å². The second-order valence-corrected chi connectivity index (χ2v) is 5.66. The Labute approximate surface area is 105 Å². The Morgan fingerprint density at radius 1 is 1.59 bits per heavy atom. The maximum Gasteiger partial charge on any atom is 0.0836 e. The molecule has 2 heteroatoms. The first-order chi connectivity index (χ1) is 7.88. The molecule has 1 N–H and O–H groups in total. The van der Waals surface area contributed by atoms with Crippen LogP contribution in [-0.2, 0) is 4.74 Å². The molecule has 1 rings (SSSR count). The molecule has 4 atom stereocenters. The van der Waals surface area contributed by atoms with E-state index in [1.807, 2.05) is 6.08 Å². The van der Waals surface area contributed by atoms with Gasteiger partial charge in [-0.05, 0) is 40.0 Å². The molecule has 1 heterocycles. The Kier molecular flexibility index (Phi) is 4.96. The lowest BCUT2D eigenvalue weighted by molar-refractivity contribution is -0.0502. The van der Waals surface area contributed by atoms with Gasteiger partial charge >= 0.3 is 0 Å². The molecule has 0 spiro atoms. The largest absolute Gasteiger partial charge is 0.392 e. The second-order valence-electron chi connectivity index (χ2n) is 5.66. The average molecular weight is 238 g/mol. The van der Waals surface area contributed by atoms with Crippen molar-refractivity contribution in [1.29, 1.82) is 0 Å². The number of hydrogen-bond acceptors (Lipinski definition) is 2. The Balaban J connectivity index is 2.51. The Morgan fingerprint density at radius 3 is 2.71 bits per heavy atom. The highest BCUT2D eigenvalue weighted by molar-refractivity contribution is 5.01. The van der Waals surface area contributed by atoms with E-state index in [4.69, 9.17) is 4.74 Å². The highest BCUT2D eigenvalue weighted by Gasteiger charge is 2.37. The third-order valence-corrected chi connectivity index (χ3v) is 3.74. The van der Waals surface area contributed by atoms with Crippen LogP contribution in [0.15, 0.2) is 24.3 Å². The van der Waals surface area contributed by atoms with Crippen LogP contribution in [0.3, 0.4) is 0 Å². The molecule has 0 aromatic heterocycles. The van der Waals surface area contributed by atoms with Crippen molar-refractivity contribution in [1.82, 2.24) is 0 Å². The van der Waals surface area contributed by atoms with E-state index in [2.05, 4.69) is 40.3 Å². The summed E-state index contributed by atoms with van der Waals surface area (Å²) in [4.78, 5) is 0. The van der Waals surface area contributed by atoms with Crippen molar-refractivity contribution < 1.29 is 9.84 Å². The predicted molar refractivity (Wildman–Crippen MR) is 71.9 cm³/mol. The van der Waals surface area contributed by atoms with Gasteiger partial charge in [0.25, 0.3) is 0 Å². The van der Waals surface area contributed by atoms with Gasteiger partial charge in [0, 0.05) is 5.92 Å². The van der Waals surface area contributed by atoms with E-state index >= 15 is 0 Å². The summed E-state index contributed by atoms with van der Waals surface area (Å²) in [5.41, 5.74) is 1.05. The molecule has 0 aliphatic carbocycles. The number of aliphatic hydroxyl groups excluding tert-OH is 1. The highest BCUT2D eigenvalue weighted by Crippen LogP contribution is 2.35. The lowest BCUT2D eigenvalue weighted by Gasteiger charge is -2.27. The van der Waals surface area contributed by atoms with Crippen molar-refractivity contribution >= 4 is 0 Å². The van der Waals surface area contributed by atoms with Gasteiger partial charge in [0.2, 0.25) is 0 Å². The number of aliphatic hydroxyl groups is 1. The number of ether oxygens (including phenoxy) is 1. The van der Waals surface area contributed by atoms with Crippen LogP contribution in [0.4, 0.5) is 0 Å². The first-order valence-electron chi connectivity index (χ1n) is 6.51. The van der Waals surface area contributed by atoms with Crippen LogP contribution in [0, 0.1) is 5.92 Å². The normalized spacial score (nSPS) is 31.9. The first kappa shape index (κ1) is 14.5. The van der Waals surface area contributed by atoms with Crippen LogP contribution < -0.4 is 0 Å². The first-order valence-corrected chi connectivity index (χ1v) is 6.51. The van der Waals surface area contributed by atoms with Gasteiger partial charge in [0.05, 0.1) is 17.8 Å². The van der Waals surface area contributed by atoms with Gasteiger partial charge in [-0.15, -0.1) is 6.58 Å². The summed E-state index contributed by atoms with van der Waals surface area (Å²) >= 11 is 0. The standard InChI is InChI=1S/C15H26O2/c1-6-15(5)10-9-14(17-15)12(4)13(16)8-7-11(2)3/h6-7,12-14,16H,1,8-10H2,2-5H3. The molecule has 0 aromatic rings. The quantitative estimate of drug-likeness (QED) is 0.743. The van der Waals surface area contributed by atoms with E-state index in [1.54, 1.807) is 0 Å². The van der Waals surface area contributed by atoms with E-state index < -0.39 is 0 Å². The molecule has 17 heavy (non-hydrogen) atoms. The molecule has 1 aliphatic rings. The molecule has 0 amide bonds. The average Bonchev–Trinajstić information content (AvgIpc) is 2.68. The summed E-state index contributed by atoms with van der Waals surface area (Å²) in [5.74, 6) is 0.173. The molecule has 1 fully saturated rings. The molecular formula is C15H26O2. The summed E-state index contributed by atoms with van der Waals surface area (Å²) in [6.07, 6.45) is 6.52. The second kappa shape index (κ2) is 5.83. The summed E-state index contributed by atoms with van der Waals surface area (Å²) < 4.78 is 5.99. The van der Waals surface area contributed by atoms with E-state index in [0.29, 0.717) is 6.42 Å². The molecule has 0 bridgehead atoms. The van der Waals surface area contributed by atoms with Crippen molar-refractivity contribution in [3.05, 3.63) is 24.3 Å². The van der Waals surface area contributed by atoms with Gasteiger partial charge in [0.1, 0.15) is 0 Å². The third-order valence-electron chi connectivity index (χ3n) is 3.74. The van der Waals surface area contributed by atoms with E-state index in [1.165, 1.54) is 5.57 Å². The Morgan fingerprint density at radius 2 is 2.24 bits per heavy atom. The van der Waals surface area contributed by atoms with E-state index in [-0.39, 0.29) is 23.7 Å². The Hall–Kier alpha value is -0.600. The maximum atomic E-state index is 10.1. The van der Waals surface area contributed by atoms with E-state index in [0.717, 1.165) is 12.8 Å². The van der Waals surface area contributed by atoms with Crippen molar-refractivity contribution in [2.24, 2.45) is 5.92 Å². The zero-order valence-corrected chi connectivity index (χ0v) is 11.6. The zero-order chi connectivity index (χ0) is 13.1. The van der Waals surface area contributed by atoms with Crippen LogP contribution in [0.2, 0.25) is 0 Å². The molecule has 1 aliphatic heterocycles. The fourth-order valence-electron chi connectivity index (χ4n) is 2.23. The van der Waals surface area contributed by atoms with Crippen molar-refractivity contribution in [2.75, 3.05) is 0 Å². The van der Waals surface area contributed by atoms with Crippen LogP contribution in [0.5, 0.6) is 0 Å². The summed E-state index contributed by atoms with van der Waals surface area (Å²) in [6, 6.07) is 0. The summed E-state index contributed by atoms with van der Waals surface area (Å²) in [7, 11) is 0. The van der Waals surface area contributed by atoms with Crippen LogP contribution in [0.25, 0.3) is 0 Å². The van der Waals surface area contributed by atoms with Crippen LogP contribution in [0.1, 0.15) is 47.0 Å². The molecule has 0 saturated carbocycles. The highest BCUT2D eigenvalue weighted by atomic mass is 16.5. The minimum atomic E-state index is -0.318. The van der Waals surface area contributed by atoms with Crippen LogP contribution in [-0.4, -0.2) is 22.9 Å². The fraction of sp³-hybridized carbons (Fsp3) is 0.733. The number of allylic oxidation sites excluding steroid dienone is 1. The van der Waals surface area contributed by atoms with Crippen molar-refractivity contribution in [3.8, 4) is 0 Å². The molecule has 4 unspecified atom stereocenters. The molecule has 1 saturated heterocycles. The lowest BCUT2D eigenvalue weighted by atomic mass is 9.92. The molecule has 0 radical (unpaired) electrons. The lowest BCUT2D eigenvalue weighted by Crippen LogP contribution is -2.31. The van der Waals surface area contributed by atoms with Crippen LogP contribution >= 0.6 is 0 Å². The number of hydrogen-bond donors (Lipinski definition) is 1. The Bertz CT molecular complexity index is 291. The topological polar surface area (TPSA) is 29.5 Å². The van der Waals surface area contributed by atoms with Crippen molar-refractivity contribution in [2.45, 2.75) is 64.8 Å². The smallest absolute Gasteiger partial charge is 0.0836 e. The SMILES string of the molecule is C=CC1(C)CCC(C(C)C(O)CC=C(C)C)O1. The maximum absolute atomic E-state index is 10.1. The van der Waals surface area contributed by atoms with Gasteiger partial charge in [-0.2, -0.15) is 0 Å². The summed E-state index contributed by atoms with van der Waals surface area (Å²) in [6.45, 7) is 12.1. The zero-order valence-electron chi connectivity index (χ0n) is 11.6. The van der Waals surface area contributed by atoms with Gasteiger partial charge < -0.3 is 9.84 Å². The van der Waals surface area contributed by atoms with Gasteiger partial charge in [0.15, 0.2) is 0 Å². The van der Waals surface area contributed by atoms with Gasteiger partial charge in [-0.1, -0.05) is 24.6 Å². The number of rotatable bonds is 5. The fourth-order valence-corrected chi connectivity index (χ4v) is 2.23. The summed E-state index contributed by atoms with van der Waals surface area (Å²) in [5, 5.41) is 10.1. The van der Waals surface area contributed by atoms with Gasteiger partial charge in [-0.3, -0.25) is 0 Å². The minimum Gasteiger partial charge on any atom is -0.392 e. The predicted octanol–water partition coefficient (Wildman–Crippen LogP) is 3.46. The molecule has 2 nitrogen and oxygen atoms in total. The minimum absolute atomic E-state index is 0.151. The molecular weight excluding hydrogens is 212 g/mol. The monoisotopic (exact) mass is 238 g/mol. The van der Waals surface area contributed by atoms with Crippen molar-refractivity contribution in [3.63, 3.8) is 0 Å². The molecule has 0 aromatic carbocycles. The van der Waals surface area contributed by atoms with E-state index in [9.17, 15) is 5.11 Å².